The quantitative estimate of drug-likeness (QED) is 0.596. The summed E-state index contributed by atoms with van der Waals surface area (Å²) in [6.45, 7) is 10.8. The van der Waals surface area contributed by atoms with Crippen molar-refractivity contribution in [3.05, 3.63) is 59.7 Å². The summed E-state index contributed by atoms with van der Waals surface area (Å²) in [4.78, 5) is 24.5. The number of hydrazine groups is 1. The number of amides is 2. The van der Waals surface area contributed by atoms with Crippen LogP contribution in [0.1, 0.15) is 62.9 Å². The summed E-state index contributed by atoms with van der Waals surface area (Å²) in [5.74, 6) is 1.46. The van der Waals surface area contributed by atoms with E-state index in [2.05, 4.69) is 38.5 Å². The molecule has 2 rings (SSSR count). The Bertz CT molecular complexity index is 814. The summed E-state index contributed by atoms with van der Waals surface area (Å²) in [5, 5.41) is 0. The van der Waals surface area contributed by atoms with Crippen LogP contribution in [0.4, 0.5) is 0 Å². The second kappa shape index (κ2) is 11.2. The molecule has 0 fully saturated rings. The Hall–Kier alpha value is -3.02. The third-order valence-corrected chi connectivity index (χ3v) is 4.61. The molecule has 30 heavy (non-hydrogen) atoms. The molecule has 1 atom stereocenters. The summed E-state index contributed by atoms with van der Waals surface area (Å²) < 4.78 is 11.3. The predicted molar refractivity (Wildman–Crippen MR) is 118 cm³/mol. The maximum Gasteiger partial charge on any atom is 0.279 e. The van der Waals surface area contributed by atoms with Gasteiger partial charge in [-0.2, -0.15) is 0 Å². The summed E-state index contributed by atoms with van der Waals surface area (Å²) in [6.07, 6.45) is 0.211. The number of nitrogens with one attached hydrogen (secondary N) is 2. The van der Waals surface area contributed by atoms with Crippen LogP contribution in [-0.2, 0) is 4.79 Å². The second-order valence-electron chi connectivity index (χ2n) is 7.98. The zero-order chi connectivity index (χ0) is 22.1. The van der Waals surface area contributed by atoms with E-state index in [0.717, 1.165) is 6.42 Å². The number of ether oxygens (including phenoxy) is 2. The zero-order valence-corrected chi connectivity index (χ0v) is 18.4. The van der Waals surface area contributed by atoms with Gasteiger partial charge in [-0.1, -0.05) is 39.8 Å². The normalized spacial score (nSPS) is 11.8. The zero-order valence-electron chi connectivity index (χ0n) is 18.4. The number of benzene rings is 2. The summed E-state index contributed by atoms with van der Waals surface area (Å²) >= 11 is 0. The smallest absolute Gasteiger partial charge is 0.279 e. The lowest BCUT2D eigenvalue weighted by atomic mass is 10.0. The number of rotatable bonds is 9. The van der Waals surface area contributed by atoms with Gasteiger partial charge in [-0.3, -0.25) is 20.4 Å². The van der Waals surface area contributed by atoms with Gasteiger partial charge in [0.15, 0.2) is 6.10 Å². The van der Waals surface area contributed by atoms with Gasteiger partial charge in [0, 0.05) is 5.56 Å². The molecule has 0 aliphatic heterocycles. The highest BCUT2D eigenvalue weighted by Crippen LogP contribution is 2.19. The van der Waals surface area contributed by atoms with E-state index in [1.54, 1.807) is 31.2 Å². The fourth-order valence-electron chi connectivity index (χ4n) is 2.60. The summed E-state index contributed by atoms with van der Waals surface area (Å²) in [5.41, 5.74) is 6.42. The van der Waals surface area contributed by atoms with E-state index in [-0.39, 0.29) is 0 Å². The van der Waals surface area contributed by atoms with Crippen molar-refractivity contribution in [2.24, 2.45) is 5.92 Å². The van der Waals surface area contributed by atoms with E-state index >= 15 is 0 Å². The molecular formula is C24H32N2O4. The van der Waals surface area contributed by atoms with Crippen LogP contribution in [0.5, 0.6) is 11.5 Å². The van der Waals surface area contributed by atoms with E-state index < -0.39 is 17.9 Å². The number of carbonyl (C=O) groups is 2. The monoisotopic (exact) mass is 412 g/mol. The van der Waals surface area contributed by atoms with Crippen LogP contribution in [0.2, 0.25) is 0 Å². The first-order valence-corrected chi connectivity index (χ1v) is 10.4. The lowest BCUT2D eigenvalue weighted by molar-refractivity contribution is -0.128. The van der Waals surface area contributed by atoms with Crippen molar-refractivity contribution in [3.8, 4) is 11.5 Å². The lowest BCUT2D eigenvalue weighted by Gasteiger charge is -2.16. The molecule has 0 saturated carbocycles. The molecule has 2 aromatic rings. The minimum absolute atomic E-state index is 0.412. The van der Waals surface area contributed by atoms with E-state index in [1.807, 2.05) is 24.3 Å². The van der Waals surface area contributed by atoms with Gasteiger partial charge < -0.3 is 9.47 Å². The van der Waals surface area contributed by atoms with Gasteiger partial charge >= 0.3 is 0 Å². The molecule has 0 aromatic heterocycles. The molecular weight excluding hydrogens is 380 g/mol. The maximum absolute atomic E-state index is 12.2. The maximum atomic E-state index is 12.2. The molecule has 0 aliphatic carbocycles. The highest BCUT2D eigenvalue weighted by molar-refractivity contribution is 5.95. The molecule has 162 valence electrons. The largest absolute Gasteiger partial charge is 0.494 e. The van der Waals surface area contributed by atoms with Crippen LogP contribution in [-0.4, -0.2) is 24.5 Å². The molecule has 2 amide bonds. The van der Waals surface area contributed by atoms with Crippen molar-refractivity contribution in [2.75, 3.05) is 6.61 Å². The first-order chi connectivity index (χ1) is 14.3. The molecule has 2 N–H and O–H groups in total. The number of carbonyl (C=O) groups excluding carboxylic acids is 2. The molecule has 2 aromatic carbocycles. The average molecular weight is 413 g/mol. The first kappa shape index (κ1) is 23.3. The molecule has 0 radical (unpaired) electrons. The Kier molecular flexibility index (Phi) is 8.71. The third kappa shape index (κ3) is 7.43. The van der Waals surface area contributed by atoms with Crippen molar-refractivity contribution >= 4 is 11.8 Å². The number of hydrogen-bond donors (Lipinski definition) is 2. The van der Waals surface area contributed by atoms with Gasteiger partial charge in [-0.05, 0) is 67.1 Å². The van der Waals surface area contributed by atoms with Gasteiger partial charge in [0.1, 0.15) is 11.5 Å². The Balaban J connectivity index is 1.79. The minimum Gasteiger partial charge on any atom is -0.494 e. The molecule has 0 unspecified atom stereocenters. The fourth-order valence-corrected chi connectivity index (χ4v) is 2.60. The van der Waals surface area contributed by atoms with Crippen LogP contribution in [0.3, 0.4) is 0 Å². The van der Waals surface area contributed by atoms with Crippen molar-refractivity contribution in [1.29, 1.82) is 0 Å². The lowest BCUT2D eigenvalue weighted by Crippen LogP contribution is -2.47. The van der Waals surface area contributed by atoms with E-state index in [0.29, 0.717) is 35.5 Å². The Morgan fingerprint density at radius 1 is 0.833 bits per heavy atom. The van der Waals surface area contributed by atoms with Crippen molar-refractivity contribution in [2.45, 2.75) is 53.1 Å². The van der Waals surface area contributed by atoms with Crippen LogP contribution in [0.25, 0.3) is 0 Å². The van der Waals surface area contributed by atoms with E-state index in [1.165, 1.54) is 5.56 Å². The molecule has 0 spiro atoms. The van der Waals surface area contributed by atoms with Crippen LogP contribution < -0.4 is 20.3 Å². The fraction of sp³-hybridized carbons (Fsp3) is 0.417. The number of hydrogen-bond acceptors (Lipinski definition) is 4. The average Bonchev–Trinajstić information content (AvgIpc) is 2.72. The molecule has 6 nitrogen and oxygen atoms in total. The Morgan fingerprint density at radius 2 is 1.43 bits per heavy atom. The first-order valence-electron chi connectivity index (χ1n) is 10.4. The topological polar surface area (TPSA) is 76.7 Å². The molecule has 0 saturated heterocycles. The van der Waals surface area contributed by atoms with Crippen molar-refractivity contribution < 1.29 is 19.1 Å². The molecule has 6 heteroatoms. The Labute approximate surface area is 178 Å². The highest BCUT2D eigenvalue weighted by Gasteiger charge is 2.16. The standard InChI is InChI=1S/C24H32N2O4/c1-16(2)14-15-29-21-10-8-20(9-11-21)24(28)26-25-23(27)18(5)30-22-12-6-19(7-13-22)17(3)4/h6-13,16-18H,14-15H2,1-5H3,(H,25,27)(H,26,28)/t18-/m0/s1. The van der Waals surface area contributed by atoms with Gasteiger partial charge in [-0.25, -0.2) is 0 Å². The van der Waals surface area contributed by atoms with Crippen molar-refractivity contribution in [1.82, 2.24) is 10.9 Å². The second-order valence-corrected chi connectivity index (χ2v) is 7.98. The third-order valence-electron chi connectivity index (χ3n) is 4.61. The van der Waals surface area contributed by atoms with Gasteiger partial charge in [0.25, 0.3) is 11.8 Å². The summed E-state index contributed by atoms with van der Waals surface area (Å²) in [7, 11) is 0. The summed E-state index contributed by atoms with van der Waals surface area (Å²) in [6, 6.07) is 14.4. The Morgan fingerprint density at radius 3 is 2.00 bits per heavy atom. The van der Waals surface area contributed by atoms with Crippen LogP contribution >= 0.6 is 0 Å². The predicted octanol–water partition coefficient (Wildman–Crippen LogP) is 4.46. The molecule has 0 bridgehead atoms. The SMILES string of the molecule is CC(C)CCOc1ccc(C(=O)NNC(=O)[C@H](C)Oc2ccc(C(C)C)cc2)cc1. The van der Waals surface area contributed by atoms with Gasteiger partial charge in [-0.15, -0.1) is 0 Å². The van der Waals surface area contributed by atoms with Gasteiger partial charge in [0.2, 0.25) is 0 Å². The highest BCUT2D eigenvalue weighted by atomic mass is 16.5. The van der Waals surface area contributed by atoms with Crippen LogP contribution in [0.15, 0.2) is 48.5 Å². The van der Waals surface area contributed by atoms with Crippen molar-refractivity contribution in [3.63, 3.8) is 0 Å². The molecule has 0 aliphatic rings. The molecule has 0 heterocycles. The van der Waals surface area contributed by atoms with Crippen LogP contribution in [0, 0.1) is 5.92 Å². The van der Waals surface area contributed by atoms with E-state index in [9.17, 15) is 9.59 Å². The van der Waals surface area contributed by atoms with Gasteiger partial charge in [0.05, 0.1) is 6.61 Å². The van der Waals surface area contributed by atoms with E-state index in [4.69, 9.17) is 9.47 Å². The minimum atomic E-state index is -0.757.